The van der Waals surface area contributed by atoms with Crippen molar-refractivity contribution in [2.24, 2.45) is 0 Å². The fraction of sp³-hybridized carbons (Fsp3) is 0.190. The summed E-state index contributed by atoms with van der Waals surface area (Å²) >= 11 is 5.10. The van der Waals surface area contributed by atoms with E-state index < -0.39 is 10.0 Å². The van der Waals surface area contributed by atoms with Crippen LogP contribution in [-0.4, -0.2) is 45.0 Å². The van der Waals surface area contributed by atoms with Gasteiger partial charge in [0, 0.05) is 43.0 Å². The zero-order valence-electron chi connectivity index (χ0n) is 16.8. The van der Waals surface area contributed by atoms with E-state index in [1.165, 1.54) is 6.07 Å². The predicted octanol–water partition coefficient (Wildman–Crippen LogP) is 2.25. The lowest BCUT2D eigenvalue weighted by Gasteiger charge is -2.15. The average Bonchev–Trinajstić information content (AvgIpc) is 2.78. The van der Waals surface area contributed by atoms with Crippen molar-refractivity contribution in [3.05, 3.63) is 60.4 Å². The van der Waals surface area contributed by atoms with Crippen LogP contribution in [0.2, 0.25) is 0 Å². The molecule has 2 aromatic carbocycles. The summed E-state index contributed by atoms with van der Waals surface area (Å²) < 4.78 is 33.3. The van der Waals surface area contributed by atoms with Gasteiger partial charge in [0.15, 0.2) is 5.11 Å². The molecule has 1 heterocycles. The molecular formula is C21H22N4O4S2. The van der Waals surface area contributed by atoms with Gasteiger partial charge in [-0.15, -0.1) is 0 Å². The standard InChI is InChI=1S/C21H22N4O4S2/c1-22-21(30)25-17-6-7-20(31(27,28)24-9-10-26)19(12-17)29-11-8-16-14-23-13-15-4-2-3-5-18(15)16/h2-7,10,12-14,24H,8-9,11H2,1H3,(H2,22,25,30). The Balaban J connectivity index is 1.85. The minimum atomic E-state index is -3.93. The summed E-state index contributed by atoms with van der Waals surface area (Å²) in [5.74, 6) is 0.149. The third-order valence-corrected chi connectivity index (χ3v) is 6.22. The molecule has 0 radical (unpaired) electrons. The van der Waals surface area contributed by atoms with Crippen LogP contribution in [0.25, 0.3) is 10.8 Å². The molecule has 8 nitrogen and oxygen atoms in total. The highest BCUT2D eigenvalue weighted by atomic mass is 32.2. The van der Waals surface area contributed by atoms with E-state index in [9.17, 15) is 13.2 Å². The zero-order valence-corrected chi connectivity index (χ0v) is 18.4. The molecule has 0 amide bonds. The lowest BCUT2D eigenvalue weighted by molar-refractivity contribution is -0.106. The van der Waals surface area contributed by atoms with E-state index in [-0.39, 0.29) is 23.8 Å². The van der Waals surface area contributed by atoms with Gasteiger partial charge >= 0.3 is 0 Å². The van der Waals surface area contributed by atoms with Gasteiger partial charge in [-0.25, -0.2) is 13.1 Å². The average molecular weight is 459 g/mol. The second kappa shape index (κ2) is 10.3. The summed E-state index contributed by atoms with van der Waals surface area (Å²) in [6.07, 6.45) is 4.58. The third-order valence-electron chi connectivity index (χ3n) is 4.45. The first-order valence-corrected chi connectivity index (χ1v) is 11.3. The number of nitrogens with one attached hydrogen (secondary N) is 3. The minimum absolute atomic E-state index is 0.0636. The summed E-state index contributed by atoms with van der Waals surface area (Å²) in [4.78, 5) is 14.8. The Kier molecular flexibility index (Phi) is 7.50. The molecule has 1 aromatic heterocycles. The maximum atomic E-state index is 12.6. The van der Waals surface area contributed by atoms with Gasteiger partial charge in [-0.05, 0) is 35.3 Å². The van der Waals surface area contributed by atoms with E-state index in [1.54, 1.807) is 31.6 Å². The molecule has 31 heavy (non-hydrogen) atoms. The SMILES string of the molecule is CNC(=S)Nc1ccc(S(=O)(=O)NCC=O)c(OCCc2cncc3ccccc23)c1. The summed E-state index contributed by atoms with van der Waals surface area (Å²) in [6, 6.07) is 12.4. The van der Waals surface area contributed by atoms with Crippen molar-refractivity contribution in [2.75, 3.05) is 25.5 Å². The third kappa shape index (κ3) is 5.75. The van der Waals surface area contributed by atoms with Crippen molar-refractivity contribution in [1.29, 1.82) is 0 Å². The number of hydrogen-bond donors (Lipinski definition) is 3. The second-order valence-corrected chi connectivity index (χ2v) is 8.65. The summed E-state index contributed by atoms with van der Waals surface area (Å²) in [5, 5.41) is 8.20. The highest BCUT2D eigenvalue weighted by molar-refractivity contribution is 7.89. The van der Waals surface area contributed by atoms with Gasteiger partial charge in [0.1, 0.15) is 16.9 Å². The monoisotopic (exact) mass is 458 g/mol. The quantitative estimate of drug-likeness (QED) is 0.331. The zero-order chi connectivity index (χ0) is 22.3. The number of thiocarbonyl (C=S) groups is 1. The molecule has 0 saturated heterocycles. The first kappa shape index (κ1) is 22.6. The van der Waals surface area contributed by atoms with E-state index in [1.807, 2.05) is 24.3 Å². The van der Waals surface area contributed by atoms with Crippen LogP contribution in [0.5, 0.6) is 5.75 Å². The molecule has 3 rings (SSSR count). The molecule has 3 aromatic rings. The Hall–Kier alpha value is -3.08. The molecule has 0 atom stereocenters. The topological polar surface area (TPSA) is 109 Å². The summed E-state index contributed by atoms with van der Waals surface area (Å²) in [6.45, 7) is -0.0981. The number of aldehydes is 1. The number of pyridine rings is 1. The number of nitrogens with zero attached hydrogens (tertiary/aromatic N) is 1. The molecule has 162 valence electrons. The summed E-state index contributed by atoms with van der Waals surface area (Å²) in [7, 11) is -2.25. The highest BCUT2D eigenvalue weighted by Crippen LogP contribution is 2.28. The molecule has 0 unspecified atom stereocenters. The fourth-order valence-electron chi connectivity index (χ4n) is 2.98. The number of benzene rings is 2. The number of carbonyl (C=O) groups excluding carboxylic acids is 1. The lowest BCUT2D eigenvalue weighted by Crippen LogP contribution is -2.26. The van der Waals surface area contributed by atoms with Gasteiger partial charge < -0.3 is 20.2 Å². The normalized spacial score (nSPS) is 11.1. The Labute approximate surface area is 186 Å². The molecule has 0 bridgehead atoms. The van der Waals surface area contributed by atoms with E-state index in [0.29, 0.717) is 23.5 Å². The Morgan fingerprint density at radius 3 is 2.77 bits per heavy atom. The molecule has 0 aliphatic heterocycles. The van der Waals surface area contributed by atoms with E-state index in [4.69, 9.17) is 17.0 Å². The van der Waals surface area contributed by atoms with Crippen molar-refractivity contribution < 1.29 is 17.9 Å². The lowest BCUT2D eigenvalue weighted by atomic mass is 10.1. The van der Waals surface area contributed by atoms with Crippen LogP contribution in [0.1, 0.15) is 5.56 Å². The number of carbonyl (C=O) groups is 1. The molecule has 0 spiro atoms. The van der Waals surface area contributed by atoms with Gasteiger partial charge in [-0.2, -0.15) is 0 Å². The number of hydrogen-bond acceptors (Lipinski definition) is 6. The van der Waals surface area contributed by atoms with Gasteiger partial charge in [-0.1, -0.05) is 24.3 Å². The van der Waals surface area contributed by atoms with Gasteiger partial charge in [0.05, 0.1) is 13.2 Å². The number of aromatic nitrogens is 1. The molecule has 10 heteroatoms. The Bertz CT molecular complexity index is 1190. The second-order valence-electron chi connectivity index (χ2n) is 6.50. The number of fused-ring (bicyclic) bond motifs is 1. The van der Waals surface area contributed by atoms with Crippen molar-refractivity contribution in [2.45, 2.75) is 11.3 Å². The van der Waals surface area contributed by atoms with E-state index >= 15 is 0 Å². The predicted molar refractivity (Wildman–Crippen MR) is 124 cm³/mol. The maximum absolute atomic E-state index is 12.6. The van der Waals surface area contributed by atoms with Crippen LogP contribution < -0.4 is 20.1 Å². The first-order valence-electron chi connectivity index (χ1n) is 9.45. The van der Waals surface area contributed by atoms with E-state index in [0.717, 1.165) is 16.3 Å². The smallest absolute Gasteiger partial charge is 0.244 e. The van der Waals surface area contributed by atoms with Crippen molar-refractivity contribution in [1.82, 2.24) is 15.0 Å². The maximum Gasteiger partial charge on any atom is 0.244 e. The van der Waals surface area contributed by atoms with Crippen molar-refractivity contribution >= 4 is 50.1 Å². The molecule has 0 aliphatic rings. The van der Waals surface area contributed by atoms with Crippen LogP contribution in [0, 0.1) is 0 Å². The van der Waals surface area contributed by atoms with Gasteiger partial charge in [0.25, 0.3) is 0 Å². The fourth-order valence-corrected chi connectivity index (χ4v) is 4.18. The van der Waals surface area contributed by atoms with Crippen molar-refractivity contribution in [3.8, 4) is 5.75 Å². The first-order chi connectivity index (χ1) is 14.9. The minimum Gasteiger partial charge on any atom is -0.492 e. The molecule has 3 N–H and O–H groups in total. The summed E-state index contributed by atoms with van der Waals surface area (Å²) in [5.41, 5.74) is 1.56. The van der Waals surface area contributed by atoms with Crippen LogP contribution in [0.3, 0.4) is 0 Å². The van der Waals surface area contributed by atoms with Crippen LogP contribution in [-0.2, 0) is 21.2 Å². The van der Waals surface area contributed by atoms with Gasteiger partial charge in [-0.3, -0.25) is 4.98 Å². The highest BCUT2D eigenvalue weighted by Gasteiger charge is 2.20. The molecule has 0 aliphatic carbocycles. The van der Waals surface area contributed by atoms with Crippen LogP contribution >= 0.6 is 12.2 Å². The number of rotatable bonds is 9. The number of sulfonamides is 1. The van der Waals surface area contributed by atoms with Crippen LogP contribution in [0.15, 0.2) is 59.8 Å². The Morgan fingerprint density at radius 2 is 2.00 bits per heavy atom. The number of ether oxygens (including phenoxy) is 1. The largest absolute Gasteiger partial charge is 0.492 e. The number of anilines is 1. The molecule has 0 saturated carbocycles. The van der Waals surface area contributed by atoms with Gasteiger partial charge in [0.2, 0.25) is 10.0 Å². The molecule has 0 fully saturated rings. The van der Waals surface area contributed by atoms with Crippen molar-refractivity contribution in [3.63, 3.8) is 0 Å². The molecular weight excluding hydrogens is 436 g/mol. The Morgan fingerprint density at radius 1 is 1.19 bits per heavy atom. The van der Waals surface area contributed by atoms with Crippen LogP contribution in [0.4, 0.5) is 5.69 Å². The van der Waals surface area contributed by atoms with E-state index in [2.05, 4.69) is 20.3 Å².